The van der Waals surface area contributed by atoms with E-state index in [1.54, 1.807) is 7.11 Å². The van der Waals surface area contributed by atoms with Crippen LogP contribution in [-0.4, -0.2) is 35.2 Å². The lowest BCUT2D eigenvalue weighted by Crippen LogP contribution is -2.25. The molecule has 0 aliphatic rings. The Balaban J connectivity index is 2.95. The van der Waals surface area contributed by atoms with Gasteiger partial charge in [-0.3, -0.25) is 0 Å². The Kier molecular flexibility index (Phi) is 6.35. The van der Waals surface area contributed by atoms with Crippen molar-refractivity contribution in [2.75, 3.05) is 20.7 Å². The minimum Gasteiger partial charge on any atom is -0.411 e. The zero-order chi connectivity index (χ0) is 7.11. The minimum atomic E-state index is -0.341. The van der Waals surface area contributed by atoms with Crippen LogP contribution in [0.25, 0.3) is 0 Å². The van der Waals surface area contributed by atoms with Crippen molar-refractivity contribution >= 4 is 9.92 Å². The van der Waals surface area contributed by atoms with Crippen molar-refractivity contribution in [1.82, 2.24) is 4.57 Å². The lowest BCUT2D eigenvalue weighted by molar-refractivity contribution is 0.365. The predicted molar refractivity (Wildman–Crippen MR) is 43.1 cm³/mol. The third-order valence-corrected chi connectivity index (χ3v) is 2.26. The highest BCUT2D eigenvalue weighted by Gasteiger charge is 1.94. The van der Waals surface area contributed by atoms with E-state index in [0.717, 1.165) is 0 Å². The second-order valence-corrected chi connectivity index (χ2v) is 4.27. The normalized spacial score (nSPS) is 12.0. The van der Waals surface area contributed by atoms with E-state index >= 15 is 0 Å². The highest BCUT2D eigenvalue weighted by Crippen LogP contribution is 1.88. The van der Waals surface area contributed by atoms with Crippen molar-refractivity contribution in [2.24, 2.45) is 0 Å². The van der Waals surface area contributed by atoms with E-state index in [-0.39, 0.29) is 9.92 Å². The van der Waals surface area contributed by atoms with Gasteiger partial charge in [0.1, 0.15) is 0 Å². The van der Waals surface area contributed by atoms with E-state index in [4.69, 9.17) is 4.43 Å². The molecule has 0 N–H and O–H groups in total. The Morgan fingerprint density at radius 3 is 2.67 bits per heavy atom. The second-order valence-electron chi connectivity index (χ2n) is 2.35. The Bertz CT molecular complexity index is 61.0. The van der Waals surface area contributed by atoms with Crippen LogP contribution in [0.2, 0.25) is 0 Å². The summed E-state index contributed by atoms with van der Waals surface area (Å²) in [6.07, 6.45) is 2.58. The first-order valence-corrected chi connectivity index (χ1v) is 4.69. The molecule has 0 atom stereocenters. The number of hydrogen-bond acceptors (Lipinski definition) is 2. The van der Waals surface area contributed by atoms with Crippen LogP contribution in [0.5, 0.6) is 0 Å². The molecular formula is C6H17NOSi. The van der Waals surface area contributed by atoms with Gasteiger partial charge >= 0.3 is 0 Å². The van der Waals surface area contributed by atoms with Crippen LogP contribution in [0.3, 0.4) is 0 Å². The largest absolute Gasteiger partial charge is 0.411 e. The molecule has 2 nitrogen and oxygen atoms in total. The van der Waals surface area contributed by atoms with Crippen molar-refractivity contribution in [3.05, 3.63) is 0 Å². The van der Waals surface area contributed by atoms with E-state index in [1.165, 1.54) is 19.4 Å². The second kappa shape index (κ2) is 6.26. The van der Waals surface area contributed by atoms with Gasteiger partial charge in [-0.15, -0.1) is 0 Å². The molecule has 0 saturated heterocycles. The molecule has 0 aliphatic heterocycles. The van der Waals surface area contributed by atoms with Crippen LogP contribution in [0, 0.1) is 0 Å². The van der Waals surface area contributed by atoms with E-state index in [0.29, 0.717) is 0 Å². The van der Waals surface area contributed by atoms with E-state index < -0.39 is 0 Å². The van der Waals surface area contributed by atoms with Gasteiger partial charge in [0.15, 0.2) is 0 Å². The average molecular weight is 147 g/mol. The smallest absolute Gasteiger partial charge is 0.237 e. The molecule has 0 aromatic rings. The molecule has 0 heterocycles. The molecule has 0 fully saturated rings. The molecule has 56 valence electrons. The van der Waals surface area contributed by atoms with Gasteiger partial charge in [0.05, 0.1) is 0 Å². The Hall–Kier alpha value is 0.137. The molecule has 0 rings (SSSR count). The van der Waals surface area contributed by atoms with Gasteiger partial charge in [0.2, 0.25) is 9.92 Å². The first-order valence-electron chi connectivity index (χ1n) is 3.48. The standard InChI is InChI=1S/C6H17NOSi/c1-4-5-6-7(2)9-8-3/h4-6,9H2,1-3H3. The summed E-state index contributed by atoms with van der Waals surface area (Å²) in [5, 5.41) is 0. The fraction of sp³-hybridized carbons (Fsp3) is 1.00. The summed E-state index contributed by atoms with van der Waals surface area (Å²) in [5.41, 5.74) is 0. The van der Waals surface area contributed by atoms with Gasteiger partial charge in [0, 0.05) is 7.11 Å². The maximum atomic E-state index is 5.07. The fourth-order valence-corrected chi connectivity index (χ4v) is 1.51. The molecule has 0 aromatic heterocycles. The zero-order valence-electron chi connectivity index (χ0n) is 6.68. The molecule has 0 spiro atoms. The summed E-state index contributed by atoms with van der Waals surface area (Å²) in [5.74, 6) is 0. The highest BCUT2D eigenvalue weighted by atomic mass is 28.2. The van der Waals surface area contributed by atoms with Crippen LogP contribution in [0.15, 0.2) is 0 Å². The SMILES string of the molecule is CCCCN(C)[SiH2]OC. The third kappa shape index (κ3) is 6.02. The quantitative estimate of drug-likeness (QED) is 0.521. The molecule has 0 aromatic carbocycles. The van der Waals surface area contributed by atoms with Gasteiger partial charge < -0.3 is 8.99 Å². The number of nitrogens with zero attached hydrogens (tertiary/aromatic N) is 1. The minimum absolute atomic E-state index is 0.341. The lowest BCUT2D eigenvalue weighted by atomic mass is 10.3. The molecular weight excluding hydrogens is 130 g/mol. The Morgan fingerprint density at radius 2 is 2.22 bits per heavy atom. The molecule has 0 saturated carbocycles. The van der Waals surface area contributed by atoms with Gasteiger partial charge in [-0.1, -0.05) is 13.3 Å². The molecule has 9 heavy (non-hydrogen) atoms. The lowest BCUT2D eigenvalue weighted by Gasteiger charge is -2.12. The van der Waals surface area contributed by atoms with Crippen LogP contribution in [-0.2, 0) is 4.43 Å². The van der Waals surface area contributed by atoms with Crippen LogP contribution < -0.4 is 0 Å². The molecule has 0 amide bonds. The van der Waals surface area contributed by atoms with Gasteiger partial charge in [-0.25, -0.2) is 0 Å². The summed E-state index contributed by atoms with van der Waals surface area (Å²) in [4.78, 5) is 0. The Labute approximate surface area is 60.2 Å². The summed E-state index contributed by atoms with van der Waals surface area (Å²) < 4.78 is 7.37. The van der Waals surface area contributed by atoms with Crippen LogP contribution >= 0.6 is 0 Å². The van der Waals surface area contributed by atoms with Crippen LogP contribution in [0.4, 0.5) is 0 Å². The molecule has 3 heteroatoms. The summed E-state index contributed by atoms with van der Waals surface area (Å²) in [6, 6.07) is 0. The topological polar surface area (TPSA) is 12.5 Å². The summed E-state index contributed by atoms with van der Waals surface area (Å²) in [6.45, 7) is 3.42. The first kappa shape index (κ1) is 9.14. The van der Waals surface area contributed by atoms with Crippen molar-refractivity contribution in [1.29, 1.82) is 0 Å². The molecule has 0 bridgehead atoms. The van der Waals surface area contributed by atoms with Crippen molar-refractivity contribution in [3.63, 3.8) is 0 Å². The summed E-state index contributed by atoms with van der Waals surface area (Å²) >= 11 is 0. The van der Waals surface area contributed by atoms with E-state index in [2.05, 4.69) is 18.5 Å². The molecule has 0 aliphatic carbocycles. The fourth-order valence-electron chi connectivity index (χ4n) is 0.713. The third-order valence-electron chi connectivity index (χ3n) is 1.24. The van der Waals surface area contributed by atoms with Crippen molar-refractivity contribution in [3.8, 4) is 0 Å². The van der Waals surface area contributed by atoms with Crippen LogP contribution in [0.1, 0.15) is 19.8 Å². The average Bonchev–Trinajstić information content (AvgIpc) is 1.85. The zero-order valence-corrected chi connectivity index (χ0v) is 8.10. The van der Waals surface area contributed by atoms with Gasteiger partial charge in [0.25, 0.3) is 0 Å². The highest BCUT2D eigenvalue weighted by molar-refractivity contribution is 6.23. The van der Waals surface area contributed by atoms with Gasteiger partial charge in [-0.05, 0) is 20.0 Å². The van der Waals surface area contributed by atoms with Crippen molar-refractivity contribution < 1.29 is 4.43 Å². The predicted octanol–water partition coefficient (Wildman–Crippen LogP) is 0.364. The van der Waals surface area contributed by atoms with E-state index in [1.807, 2.05) is 0 Å². The number of rotatable bonds is 5. The maximum Gasteiger partial charge on any atom is 0.237 e. The first-order chi connectivity index (χ1) is 4.31. The van der Waals surface area contributed by atoms with E-state index in [9.17, 15) is 0 Å². The molecule has 0 radical (unpaired) electrons. The number of unbranched alkanes of at least 4 members (excludes halogenated alkanes) is 1. The van der Waals surface area contributed by atoms with Crippen molar-refractivity contribution in [2.45, 2.75) is 19.8 Å². The molecule has 0 unspecified atom stereocenters. The van der Waals surface area contributed by atoms with Gasteiger partial charge in [-0.2, -0.15) is 0 Å². The maximum absolute atomic E-state index is 5.07. The number of hydrogen-bond donors (Lipinski definition) is 0. The monoisotopic (exact) mass is 147 g/mol. The Morgan fingerprint density at radius 1 is 1.56 bits per heavy atom. The summed E-state index contributed by atoms with van der Waals surface area (Å²) in [7, 11) is 3.58.